The molecule has 5 heteroatoms. The van der Waals surface area contributed by atoms with Crippen LogP contribution in [-0.2, 0) is 17.8 Å². The average molecular weight is 373 g/mol. The average Bonchev–Trinajstić information content (AvgIpc) is 3.07. The highest BCUT2D eigenvalue weighted by atomic mass is 16.4. The Morgan fingerprint density at radius 1 is 1.14 bits per heavy atom. The topological polar surface area (TPSA) is 70.1 Å². The van der Waals surface area contributed by atoms with E-state index in [1.54, 1.807) is 12.1 Å². The highest BCUT2D eigenvalue weighted by Gasteiger charge is 2.21. The normalized spacial score (nSPS) is 10.7. The number of carbonyl (C=O) groups excluding carboxylic acids is 1. The van der Waals surface area contributed by atoms with E-state index in [1.807, 2.05) is 68.1 Å². The maximum atomic E-state index is 13.0. The molecule has 1 aromatic heterocycles. The number of benzene rings is 2. The van der Waals surface area contributed by atoms with E-state index in [9.17, 15) is 4.79 Å². The zero-order valence-electron chi connectivity index (χ0n) is 16.3. The summed E-state index contributed by atoms with van der Waals surface area (Å²) in [5, 5.41) is 8.93. The summed E-state index contributed by atoms with van der Waals surface area (Å²) >= 11 is 0. The van der Waals surface area contributed by atoms with Crippen molar-refractivity contribution >= 4 is 5.91 Å². The first kappa shape index (κ1) is 19.4. The summed E-state index contributed by atoms with van der Waals surface area (Å²) in [6, 6.07) is 19.1. The maximum absolute atomic E-state index is 13.0. The molecule has 0 unspecified atom stereocenters. The fourth-order valence-corrected chi connectivity index (χ4v) is 2.98. The first-order valence-electron chi connectivity index (χ1n) is 9.28. The van der Waals surface area contributed by atoms with Gasteiger partial charge in [0.25, 0.3) is 0 Å². The number of aromatic nitrogens is 1. The molecule has 3 rings (SSSR count). The summed E-state index contributed by atoms with van der Waals surface area (Å²) in [5.41, 5.74) is 3.15. The van der Waals surface area contributed by atoms with Crippen molar-refractivity contribution in [2.24, 2.45) is 0 Å². The molecule has 1 heterocycles. The Hall–Kier alpha value is -3.39. The molecule has 0 atom stereocenters. The highest BCUT2D eigenvalue weighted by molar-refractivity contribution is 5.79. The van der Waals surface area contributed by atoms with Crippen LogP contribution in [0, 0.1) is 18.3 Å². The summed E-state index contributed by atoms with van der Waals surface area (Å²) < 4.78 is 5.77. The summed E-state index contributed by atoms with van der Waals surface area (Å²) in [6.07, 6.45) is 0.191. The summed E-state index contributed by atoms with van der Waals surface area (Å²) in [5.74, 6) is 1.19. The van der Waals surface area contributed by atoms with Gasteiger partial charge in [0, 0.05) is 18.2 Å². The van der Waals surface area contributed by atoms with E-state index in [0.717, 1.165) is 11.1 Å². The van der Waals surface area contributed by atoms with Gasteiger partial charge in [-0.25, -0.2) is 4.98 Å². The second-order valence-electron chi connectivity index (χ2n) is 6.99. The second-order valence-corrected chi connectivity index (χ2v) is 6.99. The summed E-state index contributed by atoms with van der Waals surface area (Å²) in [6.45, 7) is 6.31. The Morgan fingerprint density at radius 2 is 1.82 bits per heavy atom. The number of hydrogen-bond acceptors (Lipinski definition) is 4. The van der Waals surface area contributed by atoms with Gasteiger partial charge in [-0.15, -0.1) is 0 Å². The second kappa shape index (κ2) is 8.53. The SMILES string of the molecule is Cc1oc(-c2ccccc2)nc1CC(=O)N(Cc1ccc(C#N)cc1)C(C)C. The minimum Gasteiger partial charge on any atom is -0.441 e. The standard InChI is InChI=1S/C23H23N3O2/c1-16(2)26(15-19-11-9-18(14-24)10-12-19)22(27)13-21-17(3)28-23(25-21)20-7-5-4-6-8-20/h4-12,16H,13,15H2,1-3H3. The van der Waals surface area contributed by atoms with Gasteiger partial charge < -0.3 is 9.32 Å². The van der Waals surface area contributed by atoms with Gasteiger partial charge in [-0.3, -0.25) is 4.79 Å². The van der Waals surface area contributed by atoms with E-state index < -0.39 is 0 Å². The summed E-state index contributed by atoms with van der Waals surface area (Å²) in [4.78, 5) is 19.3. The molecule has 1 amide bonds. The minimum atomic E-state index is -0.00429. The molecule has 5 nitrogen and oxygen atoms in total. The van der Waals surface area contributed by atoms with Crippen LogP contribution >= 0.6 is 0 Å². The molecule has 2 aromatic carbocycles. The lowest BCUT2D eigenvalue weighted by molar-refractivity contribution is -0.132. The van der Waals surface area contributed by atoms with E-state index in [0.29, 0.717) is 29.5 Å². The fraction of sp³-hybridized carbons (Fsp3) is 0.261. The predicted octanol–water partition coefficient (Wildman–Crippen LogP) is 4.50. The first-order valence-corrected chi connectivity index (χ1v) is 9.28. The quantitative estimate of drug-likeness (QED) is 0.638. The van der Waals surface area contributed by atoms with Crippen LogP contribution in [0.3, 0.4) is 0 Å². The Labute approximate surface area is 165 Å². The molecule has 0 N–H and O–H groups in total. The Kier molecular flexibility index (Phi) is 5.90. The number of aryl methyl sites for hydroxylation is 1. The number of carbonyl (C=O) groups is 1. The highest BCUT2D eigenvalue weighted by Crippen LogP contribution is 2.22. The van der Waals surface area contributed by atoms with Gasteiger partial charge in [-0.2, -0.15) is 5.26 Å². The fourth-order valence-electron chi connectivity index (χ4n) is 2.98. The first-order chi connectivity index (χ1) is 13.5. The largest absolute Gasteiger partial charge is 0.441 e. The molecule has 0 saturated heterocycles. The Bertz CT molecular complexity index is 983. The van der Waals surface area contributed by atoms with Crippen LogP contribution in [0.25, 0.3) is 11.5 Å². The van der Waals surface area contributed by atoms with Crippen molar-refractivity contribution in [1.29, 1.82) is 5.26 Å². The van der Waals surface area contributed by atoms with Crippen LogP contribution in [0.4, 0.5) is 0 Å². The van der Waals surface area contributed by atoms with Crippen LogP contribution in [0.1, 0.15) is 36.4 Å². The molecule has 0 saturated carbocycles. The zero-order valence-corrected chi connectivity index (χ0v) is 16.3. The lowest BCUT2D eigenvalue weighted by atomic mass is 10.1. The molecule has 0 aliphatic carbocycles. The molecule has 0 aliphatic heterocycles. The number of nitrogens with zero attached hydrogens (tertiary/aromatic N) is 3. The monoisotopic (exact) mass is 373 g/mol. The number of nitriles is 1. The van der Waals surface area contributed by atoms with E-state index in [1.165, 1.54) is 0 Å². The van der Waals surface area contributed by atoms with Gasteiger partial charge in [-0.1, -0.05) is 30.3 Å². The van der Waals surface area contributed by atoms with Gasteiger partial charge in [0.2, 0.25) is 11.8 Å². The molecule has 142 valence electrons. The van der Waals surface area contributed by atoms with Gasteiger partial charge in [0.1, 0.15) is 5.76 Å². The van der Waals surface area contributed by atoms with Crippen LogP contribution in [0.15, 0.2) is 59.0 Å². The van der Waals surface area contributed by atoms with Crippen molar-refractivity contribution in [1.82, 2.24) is 9.88 Å². The van der Waals surface area contributed by atoms with Crippen molar-refractivity contribution in [3.63, 3.8) is 0 Å². The van der Waals surface area contributed by atoms with E-state index >= 15 is 0 Å². The van der Waals surface area contributed by atoms with Crippen molar-refractivity contribution in [2.45, 2.75) is 39.8 Å². The molecule has 0 bridgehead atoms. The van der Waals surface area contributed by atoms with Crippen LogP contribution in [0.2, 0.25) is 0 Å². The maximum Gasteiger partial charge on any atom is 0.229 e. The van der Waals surface area contributed by atoms with Gasteiger partial charge in [0.05, 0.1) is 23.7 Å². The Balaban J connectivity index is 1.75. The minimum absolute atomic E-state index is 0.00429. The zero-order chi connectivity index (χ0) is 20.1. The van der Waals surface area contributed by atoms with Crippen LogP contribution in [0.5, 0.6) is 0 Å². The molecule has 0 aliphatic rings. The molecule has 0 fully saturated rings. The predicted molar refractivity (Wildman–Crippen MR) is 107 cm³/mol. The van der Waals surface area contributed by atoms with Crippen molar-refractivity contribution in [3.05, 3.63) is 77.2 Å². The van der Waals surface area contributed by atoms with E-state index in [4.69, 9.17) is 9.68 Å². The van der Waals surface area contributed by atoms with Crippen molar-refractivity contribution < 1.29 is 9.21 Å². The van der Waals surface area contributed by atoms with E-state index in [2.05, 4.69) is 11.1 Å². The lowest BCUT2D eigenvalue weighted by Gasteiger charge is -2.27. The molecular formula is C23H23N3O2. The van der Waals surface area contributed by atoms with Gasteiger partial charge in [-0.05, 0) is 50.6 Å². The van der Waals surface area contributed by atoms with E-state index in [-0.39, 0.29) is 18.4 Å². The molecular weight excluding hydrogens is 350 g/mol. The van der Waals surface area contributed by atoms with Gasteiger partial charge in [0.15, 0.2) is 0 Å². The summed E-state index contributed by atoms with van der Waals surface area (Å²) in [7, 11) is 0. The lowest BCUT2D eigenvalue weighted by Crippen LogP contribution is -2.37. The van der Waals surface area contributed by atoms with Crippen molar-refractivity contribution in [3.8, 4) is 17.5 Å². The third-order valence-corrected chi connectivity index (χ3v) is 4.61. The molecule has 3 aromatic rings. The number of rotatable bonds is 6. The molecule has 0 radical (unpaired) electrons. The molecule has 28 heavy (non-hydrogen) atoms. The van der Waals surface area contributed by atoms with Crippen LogP contribution < -0.4 is 0 Å². The smallest absolute Gasteiger partial charge is 0.229 e. The van der Waals surface area contributed by atoms with Gasteiger partial charge >= 0.3 is 0 Å². The Morgan fingerprint density at radius 3 is 2.43 bits per heavy atom. The van der Waals surface area contributed by atoms with Crippen molar-refractivity contribution in [2.75, 3.05) is 0 Å². The third-order valence-electron chi connectivity index (χ3n) is 4.61. The number of amides is 1. The third kappa shape index (κ3) is 4.47. The van der Waals surface area contributed by atoms with Crippen LogP contribution in [-0.4, -0.2) is 21.8 Å². The number of oxazole rings is 1. The molecule has 0 spiro atoms. The number of hydrogen-bond donors (Lipinski definition) is 0.